The Morgan fingerprint density at radius 3 is 2.76 bits per heavy atom. The molecule has 1 fully saturated rings. The fourth-order valence-electron chi connectivity index (χ4n) is 1.61. The second-order valence-electron chi connectivity index (χ2n) is 4.05. The molecule has 17 heavy (non-hydrogen) atoms. The van der Waals surface area contributed by atoms with Crippen LogP contribution in [0.3, 0.4) is 0 Å². The standard InChI is InChI=1S/C13H13BrO3/c14-11-3-1-2-4-12(11)17-8-10(7-13(15)16)9-5-6-9/h1-4,7,9H,5-6,8H2,(H,15,16)/b10-7-. The molecule has 1 aliphatic rings. The minimum absolute atomic E-state index is 0.347. The maximum Gasteiger partial charge on any atom is 0.328 e. The lowest BCUT2D eigenvalue weighted by Crippen LogP contribution is -2.06. The first kappa shape index (κ1) is 12.2. The number of carboxylic acid groups (broad SMARTS) is 1. The zero-order valence-electron chi connectivity index (χ0n) is 9.23. The summed E-state index contributed by atoms with van der Waals surface area (Å²) >= 11 is 3.39. The predicted molar refractivity (Wildman–Crippen MR) is 68.1 cm³/mol. The van der Waals surface area contributed by atoms with E-state index >= 15 is 0 Å². The van der Waals surface area contributed by atoms with E-state index in [-0.39, 0.29) is 0 Å². The monoisotopic (exact) mass is 296 g/mol. The van der Waals surface area contributed by atoms with Crippen molar-refractivity contribution in [1.29, 1.82) is 0 Å². The molecule has 1 saturated carbocycles. The van der Waals surface area contributed by atoms with Gasteiger partial charge < -0.3 is 9.84 Å². The number of aliphatic carboxylic acids is 1. The lowest BCUT2D eigenvalue weighted by Gasteiger charge is -2.09. The van der Waals surface area contributed by atoms with Crippen LogP contribution in [-0.2, 0) is 4.79 Å². The van der Waals surface area contributed by atoms with Gasteiger partial charge in [0.1, 0.15) is 12.4 Å². The second kappa shape index (κ2) is 5.36. The second-order valence-corrected chi connectivity index (χ2v) is 4.91. The molecule has 0 aromatic heterocycles. The van der Waals surface area contributed by atoms with Gasteiger partial charge in [0.25, 0.3) is 0 Å². The smallest absolute Gasteiger partial charge is 0.328 e. The predicted octanol–water partition coefficient (Wildman–Crippen LogP) is 3.25. The van der Waals surface area contributed by atoms with Gasteiger partial charge in [0.15, 0.2) is 0 Å². The van der Waals surface area contributed by atoms with E-state index in [2.05, 4.69) is 15.9 Å². The topological polar surface area (TPSA) is 46.5 Å². The summed E-state index contributed by atoms with van der Waals surface area (Å²) in [5.74, 6) is 0.237. The number of benzene rings is 1. The van der Waals surface area contributed by atoms with Crippen LogP contribution in [0.4, 0.5) is 0 Å². The maximum absolute atomic E-state index is 10.7. The van der Waals surface area contributed by atoms with Gasteiger partial charge in [-0.25, -0.2) is 4.79 Å². The van der Waals surface area contributed by atoms with Gasteiger partial charge in [0, 0.05) is 6.08 Å². The molecule has 0 amide bonds. The Hall–Kier alpha value is -1.29. The van der Waals surface area contributed by atoms with Gasteiger partial charge in [-0.05, 0) is 52.4 Å². The Morgan fingerprint density at radius 2 is 2.18 bits per heavy atom. The summed E-state index contributed by atoms with van der Waals surface area (Å²) in [6, 6.07) is 7.55. The Labute approximate surface area is 108 Å². The summed E-state index contributed by atoms with van der Waals surface area (Å²) in [5.41, 5.74) is 0.869. The Kier molecular flexibility index (Phi) is 3.84. The van der Waals surface area contributed by atoms with Crippen LogP contribution < -0.4 is 4.74 Å². The van der Waals surface area contributed by atoms with Crippen molar-refractivity contribution < 1.29 is 14.6 Å². The maximum atomic E-state index is 10.7. The van der Waals surface area contributed by atoms with Crippen LogP contribution in [0.15, 0.2) is 40.4 Å². The van der Waals surface area contributed by atoms with E-state index in [9.17, 15) is 4.79 Å². The van der Waals surface area contributed by atoms with Crippen molar-refractivity contribution >= 4 is 21.9 Å². The number of para-hydroxylation sites is 1. The summed E-state index contributed by atoms with van der Waals surface area (Å²) in [5, 5.41) is 8.77. The summed E-state index contributed by atoms with van der Waals surface area (Å²) < 4.78 is 6.50. The number of rotatable bonds is 5. The van der Waals surface area contributed by atoms with Gasteiger partial charge in [-0.15, -0.1) is 0 Å². The molecular formula is C13H13BrO3. The van der Waals surface area contributed by atoms with Crippen LogP contribution in [0.5, 0.6) is 5.75 Å². The summed E-state index contributed by atoms with van der Waals surface area (Å²) in [6.45, 7) is 0.347. The quantitative estimate of drug-likeness (QED) is 0.849. The molecule has 3 nitrogen and oxygen atoms in total. The molecule has 2 rings (SSSR count). The van der Waals surface area contributed by atoms with E-state index in [4.69, 9.17) is 9.84 Å². The highest BCUT2D eigenvalue weighted by Crippen LogP contribution is 2.37. The molecule has 0 bridgehead atoms. The first-order valence-electron chi connectivity index (χ1n) is 5.47. The number of carboxylic acids is 1. The van der Waals surface area contributed by atoms with Crippen LogP contribution in [0.25, 0.3) is 0 Å². The highest BCUT2D eigenvalue weighted by atomic mass is 79.9. The number of hydrogen-bond donors (Lipinski definition) is 1. The van der Waals surface area contributed by atoms with E-state index in [1.807, 2.05) is 24.3 Å². The molecule has 0 unspecified atom stereocenters. The van der Waals surface area contributed by atoms with E-state index in [1.165, 1.54) is 6.08 Å². The normalized spacial score (nSPS) is 15.7. The van der Waals surface area contributed by atoms with E-state index in [0.717, 1.165) is 28.6 Å². The zero-order chi connectivity index (χ0) is 12.3. The van der Waals surface area contributed by atoms with Crippen molar-refractivity contribution in [3.63, 3.8) is 0 Å². The number of ether oxygens (including phenoxy) is 1. The van der Waals surface area contributed by atoms with Crippen molar-refractivity contribution in [1.82, 2.24) is 0 Å². The summed E-state index contributed by atoms with van der Waals surface area (Å²) in [7, 11) is 0. The number of carbonyl (C=O) groups is 1. The fraction of sp³-hybridized carbons (Fsp3) is 0.308. The van der Waals surface area contributed by atoms with Crippen molar-refractivity contribution in [2.24, 2.45) is 5.92 Å². The molecule has 1 aromatic carbocycles. The largest absolute Gasteiger partial charge is 0.488 e. The van der Waals surface area contributed by atoms with Crippen molar-refractivity contribution in [3.05, 3.63) is 40.4 Å². The molecule has 4 heteroatoms. The van der Waals surface area contributed by atoms with Crippen LogP contribution in [-0.4, -0.2) is 17.7 Å². The molecule has 0 saturated heterocycles. The SMILES string of the molecule is O=C(O)/C=C(/COc1ccccc1Br)C1CC1. The fourth-order valence-corrected chi connectivity index (χ4v) is 2.01. The van der Waals surface area contributed by atoms with Crippen LogP contribution in [0.2, 0.25) is 0 Å². The van der Waals surface area contributed by atoms with Crippen LogP contribution >= 0.6 is 15.9 Å². The minimum atomic E-state index is -0.900. The van der Waals surface area contributed by atoms with Gasteiger partial charge in [0.05, 0.1) is 4.47 Å². The molecule has 1 aromatic rings. The zero-order valence-corrected chi connectivity index (χ0v) is 10.8. The highest BCUT2D eigenvalue weighted by Gasteiger charge is 2.27. The molecule has 0 spiro atoms. The average molecular weight is 297 g/mol. The molecule has 90 valence electrons. The lowest BCUT2D eigenvalue weighted by molar-refractivity contribution is -0.131. The van der Waals surface area contributed by atoms with Crippen molar-refractivity contribution in [3.8, 4) is 5.75 Å². The number of halogens is 1. The molecule has 1 N–H and O–H groups in total. The molecule has 1 aliphatic carbocycles. The van der Waals surface area contributed by atoms with E-state index < -0.39 is 5.97 Å². The first-order chi connectivity index (χ1) is 8.16. The third-order valence-corrected chi connectivity index (χ3v) is 3.30. The molecular weight excluding hydrogens is 284 g/mol. The van der Waals surface area contributed by atoms with Gasteiger partial charge >= 0.3 is 5.97 Å². The third kappa shape index (κ3) is 3.60. The molecule has 0 atom stereocenters. The van der Waals surface area contributed by atoms with E-state index in [0.29, 0.717) is 12.5 Å². The summed E-state index contributed by atoms with van der Waals surface area (Å²) in [4.78, 5) is 10.7. The van der Waals surface area contributed by atoms with Crippen LogP contribution in [0, 0.1) is 5.92 Å². The lowest BCUT2D eigenvalue weighted by atomic mass is 10.1. The van der Waals surface area contributed by atoms with Crippen LogP contribution in [0.1, 0.15) is 12.8 Å². The highest BCUT2D eigenvalue weighted by molar-refractivity contribution is 9.10. The average Bonchev–Trinajstić information content (AvgIpc) is 3.09. The Morgan fingerprint density at radius 1 is 1.47 bits per heavy atom. The minimum Gasteiger partial charge on any atom is -0.488 e. The van der Waals surface area contributed by atoms with Gasteiger partial charge in [-0.1, -0.05) is 12.1 Å². The Balaban J connectivity index is 2.01. The first-order valence-corrected chi connectivity index (χ1v) is 6.27. The molecule has 0 radical (unpaired) electrons. The third-order valence-electron chi connectivity index (χ3n) is 2.64. The Bertz CT molecular complexity index is 450. The molecule has 0 aliphatic heterocycles. The van der Waals surface area contributed by atoms with Gasteiger partial charge in [0.2, 0.25) is 0 Å². The van der Waals surface area contributed by atoms with Gasteiger partial charge in [-0.2, -0.15) is 0 Å². The van der Waals surface area contributed by atoms with Gasteiger partial charge in [-0.3, -0.25) is 0 Å². The summed E-state index contributed by atoms with van der Waals surface area (Å²) in [6.07, 6.45) is 3.41. The van der Waals surface area contributed by atoms with Crippen molar-refractivity contribution in [2.45, 2.75) is 12.8 Å². The molecule has 0 heterocycles. The van der Waals surface area contributed by atoms with E-state index in [1.54, 1.807) is 0 Å². The van der Waals surface area contributed by atoms with Crippen molar-refractivity contribution in [2.75, 3.05) is 6.61 Å². The number of hydrogen-bond acceptors (Lipinski definition) is 2.